The van der Waals surface area contributed by atoms with Gasteiger partial charge in [-0.15, -0.1) is 0 Å². The molecule has 0 aliphatic carbocycles. The molecule has 6 nitrogen and oxygen atoms in total. The highest BCUT2D eigenvalue weighted by molar-refractivity contribution is 6.08. The third kappa shape index (κ3) is 3.40. The van der Waals surface area contributed by atoms with Gasteiger partial charge in [0.2, 0.25) is 5.91 Å². The number of oxime groups is 1. The molecule has 1 amide bonds. The van der Waals surface area contributed by atoms with Gasteiger partial charge in [-0.2, -0.15) is 0 Å². The predicted molar refractivity (Wildman–Crippen MR) is 78.1 cm³/mol. The quantitative estimate of drug-likeness (QED) is 0.371. The number of hydrogen-bond donors (Lipinski definition) is 2. The maximum absolute atomic E-state index is 12.5. The molecule has 0 aromatic heterocycles. The SMILES string of the molecule is COc1cccc(N(C)C(=O)C(C(N)=NO)C(C)C)c1. The van der Waals surface area contributed by atoms with E-state index >= 15 is 0 Å². The molecule has 1 aromatic carbocycles. The highest BCUT2D eigenvalue weighted by Crippen LogP contribution is 2.23. The fourth-order valence-electron chi connectivity index (χ4n) is 1.97. The van der Waals surface area contributed by atoms with Crippen LogP contribution < -0.4 is 15.4 Å². The van der Waals surface area contributed by atoms with Gasteiger partial charge < -0.3 is 20.6 Å². The van der Waals surface area contributed by atoms with Gasteiger partial charge in [0.25, 0.3) is 0 Å². The van der Waals surface area contributed by atoms with Crippen LogP contribution in [0.1, 0.15) is 13.8 Å². The van der Waals surface area contributed by atoms with E-state index in [0.717, 1.165) is 0 Å². The van der Waals surface area contributed by atoms with Crippen LogP contribution in [0.4, 0.5) is 5.69 Å². The topological polar surface area (TPSA) is 88.2 Å². The van der Waals surface area contributed by atoms with Crippen LogP contribution in [0, 0.1) is 11.8 Å². The summed E-state index contributed by atoms with van der Waals surface area (Å²) in [4.78, 5) is 14.0. The Morgan fingerprint density at radius 2 is 2.10 bits per heavy atom. The molecule has 1 rings (SSSR count). The summed E-state index contributed by atoms with van der Waals surface area (Å²) in [5.41, 5.74) is 6.30. The highest BCUT2D eigenvalue weighted by atomic mass is 16.5. The number of benzene rings is 1. The average molecular weight is 279 g/mol. The Morgan fingerprint density at radius 3 is 2.60 bits per heavy atom. The summed E-state index contributed by atoms with van der Waals surface area (Å²) in [7, 11) is 3.21. The van der Waals surface area contributed by atoms with E-state index in [9.17, 15) is 4.79 Å². The first-order valence-corrected chi connectivity index (χ1v) is 6.31. The molecule has 0 spiro atoms. The van der Waals surface area contributed by atoms with Crippen LogP contribution in [0.5, 0.6) is 5.75 Å². The lowest BCUT2D eigenvalue weighted by molar-refractivity contribution is -0.121. The van der Waals surface area contributed by atoms with Gasteiger partial charge in [0.15, 0.2) is 5.84 Å². The maximum atomic E-state index is 12.5. The van der Waals surface area contributed by atoms with E-state index in [2.05, 4.69) is 5.16 Å². The minimum Gasteiger partial charge on any atom is -0.497 e. The number of methoxy groups -OCH3 is 1. The van der Waals surface area contributed by atoms with Gasteiger partial charge in [0.05, 0.1) is 7.11 Å². The molecule has 0 saturated heterocycles. The van der Waals surface area contributed by atoms with Gasteiger partial charge in [0.1, 0.15) is 11.7 Å². The van der Waals surface area contributed by atoms with Crippen LogP contribution >= 0.6 is 0 Å². The number of amides is 1. The zero-order valence-electron chi connectivity index (χ0n) is 12.2. The van der Waals surface area contributed by atoms with Gasteiger partial charge in [-0.25, -0.2) is 0 Å². The van der Waals surface area contributed by atoms with E-state index in [1.165, 1.54) is 4.90 Å². The molecule has 1 aromatic rings. The third-order valence-corrected chi connectivity index (χ3v) is 3.14. The summed E-state index contributed by atoms with van der Waals surface area (Å²) in [5, 5.41) is 11.8. The van der Waals surface area contributed by atoms with Crippen molar-refractivity contribution < 1.29 is 14.7 Å². The Labute approximate surface area is 118 Å². The van der Waals surface area contributed by atoms with Crippen LogP contribution in [-0.4, -0.2) is 31.1 Å². The number of amidine groups is 1. The van der Waals surface area contributed by atoms with E-state index in [4.69, 9.17) is 15.7 Å². The maximum Gasteiger partial charge on any atom is 0.237 e. The van der Waals surface area contributed by atoms with E-state index in [1.807, 2.05) is 13.8 Å². The van der Waals surface area contributed by atoms with Crippen molar-refractivity contribution in [2.24, 2.45) is 22.7 Å². The summed E-state index contributed by atoms with van der Waals surface area (Å²) in [6, 6.07) is 7.14. The van der Waals surface area contributed by atoms with Crippen molar-refractivity contribution in [1.82, 2.24) is 0 Å². The zero-order valence-corrected chi connectivity index (χ0v) is 12.2. The van der Waals surface area contributed by atoms with Crippen LogP contribution in [0.3, 0.4) is 0 Å². The van der Waals surface area contributed by atoms with E-state index in [0.29, 0.717) is 11.4 Å². The van der Waals surface area contributed by atoms with Gasteiger partial charge in [0, 0.05) is 18.8 Å². The Morgan fingerprint density at radius 1 is 1.45 bits per heavy atom. The van der Waals surface area contributed by atoms with Crippen LogP contribution in [-0.2, 0) is 4.79 Å². The monoisotopic (exact) mass is 279 g/mol. The van der Waals surface area contributed by atoms with E-state index in [-0.39, 0.29) is 17.7 Å². The second-order valence-electron chi connectivity index (χ2n) is 4.85. The number of ether oxygens (including phenoxy) is 1. The number of anilines is 1. The molecule has 0 fully saturated rings. The van der Waals surface area contributed by atoms with E-state index in [1.54, 1.807) is 38.4 Å². The van der Waals surface area contributed by atoms with Crippen molar-refractivity contribution in [3.63, 3.8) is 0 Å². The van der Waals surface area contributed by atoms with E-state index < -0.39 is 5.92 Å². The fraction of sp³-hybridized carbons (Fsp3) is 0.429. The van der Waals surface area contributed by atoms with Gasteiger partial charge >= 0.3 is 0 Å². The molecule has 0 heterocycles. The number of hydrogen-bond acceptors (Lipinski definition) is 4. The number of rotatable bonds is 5. The fourth-order valence-corrected chi connectivity index (χ4v) is 1.97. The zero-order chi connectivity index (χ0) is 15.3. The molecular weight excluding hydrogens is 258 g/mol. The second kappa shape index (κ2) is 6.79. The molecule has 1 unspecified atom stereocenters. The molecule has 0 bridgehead atoms. The standard InChI is InChI=1S/C14H21N3O3/c1-9(2)12(13(15)16-19)14(18)17(3)10-6-5-7-11(8-10)20-4/h5-9,12,19H,1-4H3,(H2,15,16). The Kier molecular flexibility index (Phi) is 5.37. The first-order chi connectivity index (χ1) is 9.42. The minimum absolute atomic E-state index is 0.0774. The van der Waals surface area contributed by atoms with Gasteiger partial charge in [-0.1, -0.05) is 25.1 Å². The molecule has 1 atom stereocenters. The lowest BCUT2D eigenvalue weighted by atomic mass is 9.93. The predicted octanol–water partition coefficient (Wildman–Crippen LogP) is 1.68. The smallest absolute Gasteiger partial charge is 0.237 e. The normalized spacial score (nSPS) is 13.2. The average Bonchev–Trinajstić information content (AvgIpc) is 2.45. The van der Waals surface area contributed by atoms with Gasteiger partial charge in [-0.05, 0) is 18.1 Å². The number of nitrogens with zero attached hydrogens (tertiary/aromatic N) is 2. The number of nitrogens with two attached hydrogens (primary N) is 1. The molecule has 0 aliphatic rings. The minimum atomic E-state index is -0.670. The second-order valence-corrected chi connectivity index (χ2v) is 4.85. The summed E-state index contributed by atoms with van der Waals surface area (Å²) in [5.74, 6) is -0.405. The molecule has 20 heavy (non-hydrogen) atoms. The lowest BCUT2D eigenvalue weighted by Crippen LogP contribution is -2.42. The van der Waals surface area contributed by atoms with Crippen LogP contribution in [0.15, 0.2) is 29.4 Å². The first kappa shape index (κ1) is 15.8. The van der Waals surface area contributed by atoms with Crippen molar-refractivity contribution in [3.8, 4) is 5.75 Å². The summed E-state index contributed by atoms with van der Waals surface area (Å²) >= 11 is 0. The number of carbonyl (C=O) groups is 1. The largest absolute Gasteiger partial charge is 0.497 e. The van der Waals surface area contributed by atoms with Crippen LogP contribution in [0.25, 0.3) is 0 Å². The first-order valence-electron chi connectivity index (χ1n) is 6.31. The molecule has 0 saturated carbocycles. The molecular formula is C14H21N3O3. The van der Waals surface area contributed by atoms with Crippen molar-refractivity contribution in [1.29, 1.82) is 0 Å². The molecule has 3 N–H and O–H groups in total. The molecule has 110 valence electrons. The van der Waals surface area contributed by atoms with Crippen molar-refractivity contribution in [2.45, 2.75) is 13.8 Å². The summed E-state index contributed by atoms with van der Waals surface area (Å²) < 4.78 is 5.13. The summed E-state index contributed by atoms with van der Waals surface area (Å²) in [6.45, 7) is 3.69. The third-order valence-electron chi connectivity index (χ3n) is 3.14. The van der Waals surface area contributed by atoms with Crippen molar-refractivity contribution >= 4 is 17.4 Å². The van der Waals surface area contributed by atoms with Crippen molar-refractivity contribution in [2.75, 3.05) is 19.1 Å². The molecule has 6 heteroatoms. The highest BCUT2D eigenvalue weighted by Gasteiger charge is 2.30. The Bertz CT molecular complexity index is 500. The Balaban J connectivity index is 3.05. The van der Waals surface area contributed by atoms with Crippen LogP contribution in [0.2, 0.25) is 0 Å². The molecule has 0 radical (unpaired) electrons. The molecule has 0 aliphatic heterocycles. The van der Waals surface area contributed by atoms with Crippen molar-refractivity contribution in [3.05, 3.63) is 24.3 Å². The Hall–Kier alpha value is -2.24. The number of carbonyl (C=O) groups excluding carboxylic acids is 1. The summed E-state index contributed by atoms with van der Waals surface area (Å²) in [6.07, 6.45) is 0. The lowest BCUT2D eigenvalue weighted by Gasteiger charge is -2.25. The van der Waals surface area contributed by atoms with Gasteiger partial charge in [-0.3, -0.25) is 4.79 Å².